The molecule has 3 nitrogen and oxygen atoms in total. The highest BCUT2D eigenvalue weighted by Crippen LogP contribution is 2.26. The lowest BCUT2D eigenvalue weighted by Crippen LogP contribution is -2.17. The number of rotatable bonds is 9. The van der Waals surface area contributed by atoms with E-state index in [1.807, 2.05) is 73.7 Å². The van der Waals surface area contributed by atoms with E-state index in [-0.39, 0.29) is 12.1 Å². The lowest BCUT2D eigenvalue weighted by molar-refractivity contribution is 0.0865. The van der Waals surface area contributed by atoms with Crippen LogP contribution in [0.4, 0.5) is 0 Å². The van der Waals surface area contributed by atoms with Gasteiger partial charge in [0.05, 0.1) is 20.7 Å². The van der Waals surface area contributed by atoms with Gasteiger partial charge in [-0.1, -0.05) is 74.4 Å². The van der Waals surface area contributed by atoms with Crippen molar-refractivity contribution in [1.29, 1.82) is 0 Å². The van der Waals surface area contributed by atoms with Crippen LogP contribution in [0.1, 0.15) is 44.8 Å². The molecular formula is C22H29NO2S. The quantitative estimate of drug-likeness (QED) is 0.508. The van der Waals surface area contributed by atoms with E-state index in [0.717, 1.165) is 29.7 Å². The average Bonchev–Trinajstić information content (AvgIpc) is 2.67. The zero-order valence-electron chi connectivity index (χ0n) is 15.9. The number of hydrogen-bond donors (Lipinski definition) is 0. The highest BCUT2D eigenvalue weighted by molar-refractivity contribution is 7.96. The summed E-state index contributed by atoms with van der Waals surface area (Å²) < 4.78 is 24.1. The van der Waals surface area contributed by atoms with Gasteiger partial charge in [-0.05, 0) is 31.0 Å². The predicted octanol–water partition coefficient (Wildman–Crippen LogP) is 5.99. The first kappa shape index (κ1) is 20.4. The largest absolute Gasteiger partial charge is 0.375 e. The second-order valence-corrected chi connectivity index (χ2v) is 8.40. The summed E-state index contributed by atoms with van der Waals surface area (Å²) in [4.78, 5) is 0.738. The molecular weight excluding hydrogens is 342 g/mol. The van der Waals surface area contributed by atoms with Crippen LogP contribution in [0.2, 0.25) is 0 Å². The Morgan fingerprint density at radius 3 is 2.27 bits per heavy atom. The van der Waals surface area contributed by atoms with E-state index in [0.29, 0.717) is 0 Å². The first-order valence-electron chi connectivity index (χ1n) is 9.16. The fourth-order valence-corrected chi connectivity index (χ4v) is 4.76. The van der Waals surface area contributed by atoms with Gasteiger partial charge in [0.2, 0.25) is 0 Å². The number of hydrogen-bond acceptors (Lipinski definition) is 3. The minimum absolute atomic E-state index is 0.232. The van der Waals surface area contributed by atoms with Crippen molar-refractivity contribution in [3.63, 3.8) is 0 Å². The molecule has 2 aromatic carbocycles. The zero-order valence-corrected chi connectivity index (χ0v) is 16.7. The van der Waals surface area contributed by atoms with Crippen molar-refractivity contribution < 1.29 is 8.95 Å². The maximum absolute atomic E-state index is 13.7. The first-order chi connectivity index (χ1) is 12.6. The SMILES string of the molecule is CCCC/C=C/[S@](=O)(=N[C@H](C)[C@@H](OC)c1ccccc1)c1ccccc1. The smallest absolute Gasteiger partial charge is 0.105 e. The predicted molar refractivity (Wildman–Crippen MR) is 110 cm³/mol. The van der Waals surface area contributed by atoms with Gasteiger partial charge in [-0.25, -0.2) is 8.57 Å². The van der Waals surface area contributed by atoms with Gasteiger partial charge in [-0.2, -0.15) is 0 Å². The maximum atomic E-state index is 13.7. The van der Waals surface area contributed by atoms with Gasteiger partial charge in [0.1, 0.15) is 6.10 Å². The lowest BCUT2D eigenvalue weighted by Gasteiger charge is -2.21. The van der Waals surface area contributed by atoms with Crippen LogP contribution < -0.4 is 0 Å². The molecule has 0 aliphatic carbocycles. The van der Waals surface area contributed by atoms with Crippen molar-refractivity contribution in [1.82, 2.24) is 0 Å². The maximum Gasteiger partial charge on any atom is 0.105 e. The number of benzene rings is 2. The molecule has 0 aliphatic heterocycles. The van der Waals surface area contributed by atoms with E-state index in [1.54, 1.807) is 12.5 Å². The number of unbranched alkanes of at least 4 members (excludes halogenated alkanes) is 2. The van der Waals surface area contributed by atoms with Gasteiger partial charge in [-0.15, -0.1) is 0 Å². The van der Waals surface area contributed by atoms with Crippen molar-refractivity contribution in [2.75, 3.05) is 7.11 Å². The summed E-state index contributed by atoms with van der Waals surface area (Å²) in [5.74, 6) is 0. The molecule has 0 bridgehead atoms. The van der Waals surface area contributed by atoms with E-state index < -0.39 is 9.73 Å². The van der Waals surface area contributed by atoms with Gasteiger partial charge in [0.25, 0.3) is 0 Å². The molecule has 4 heteroatoms. The Bertz CT molecular complexity index is 793. The Morgan fingerprint density at radius 2 is 1.69 bits per heavy atom. The third-order valence-corrected chi connectivity index (χ3v) is 6.38. The van der Waals surface area contributed by atoms with Crippen LogP contribution in [0.3, 0.4) is 0 Å². The molecule has 0 spiro atoms. The van der Waals surface area contributed by atoms with Crippen LogP contribution in [0.15, 0.2) is 81.4 Å². The van der Waals surface area contributed by atoms with Crippen LogP contribution in [0.5, 0.6) is 0 Å². The molecule has 2 rings (SSSR count). The molecule has 140 valence electrons. The molecule has 0 aliphatic rings. The molecule has 0 radical (unpaired) electrons. The topological polar surface area (TPSA) is 38.7 Å². The van der Waals surface area contributed by atoms with E-state index in [9.17, 15) is 4.21 Å². The van der Waals surface area contributed by atoms with E-state index in [4.69, 9.17) is 9.10 Å². The number of allylic oxidation sites excluding steroid dienone is 1. The summed E-state index contributed by atoms with van der Waals surface area (Å²) in [5, 5.41) is 1.78. The standard InChI is InChI=1S/C22H29NO2S/c1-4-5-6-13-18-26(24,21-16-11-8-12-17-21)23-19(2)22(25-3)20-14-9-7-10-15-20/h7-19,22H,4-6H2,1-3H3/b18-13+/t19-,22-,26-/m1/s1. The zero-order chi connectivity index (χ0) is 18.8. The molecule has 0 heterocycles. The van der Waals surface area contributed by atoms with Gasteiger partial charge >= 0.3 is 0 Å². The summed E-state index contributed by atoms with van der Waals surface area (Å²) in [6.45, 7) is 4.11. The van der Waals surface area contributed by atoms with E-state index >= 15 is 0 Å². The fraction of sp³-hybridized carbons (Fsp3) is 0.364. The highest BCUT2D eigenvalue weighted by Gasteiger charge is 2.21. The van der Waals surface area contributed by atoms with Crippen molar-refractivity contribution >= 4 is 9.73 Å². The summed E-state index contributed by atoms with van der Waals surface area (Å²) >= 11 is 0. The molecule has 3 atom stereocenters. The molecule has 0 N–H and O–H groups in total. The summed E-state index contributed by atoms with van der Waals surface area (Å²) in [7, 11) is -0.974. The third kappa shape index (κ3) is 5.55. The normalized spacial score (nSPS) is 16.1. The molecule has 26 heavy (non-hydrogen) atoms. The summed E-state index contributed by atoms with van der Waals surface area (Å²) in [6.07, 6.45) is 4.88. The number of methoxy groups -OCH3 is 1. The molecule has 0 amide bonds. The number of ether oxygens (including phenoxy) is 1. The highest BCUT2D eigenvalue weighted by atomic mass is 32.2. The van der Waals surface area contributed by atoms with Crippen LogP contribution in [-0.4, -0.2) is 17.4 Å². The van der Waals surface area contributed by atoms with Crippen LogP contribution >= 0.6 is 0 Å². The monoisotopic (exact) mass is 371 g/mol. The molecule has 0 fully saturated rings. The van der Waals surface area contributed by atoms with E-state index in [2.05, 4.69) is 6.92 Å². The average molecular weight is 372 g/mol. The van der Waals surface area contributed by atoms with Gasteiger partial charge in [0.15, 0.2) is 0 Å². The van der Waals surface area contributed by atoms with Crippen LogP contribution in [0.25, 0.3) is 0 Å². The Kier molecular flexibility index (Phi) is 8.07. The molecule has 2 aromatic rings. The Balaban J connectivity index is 2.40. The molecule has 0 saturated heterocycles. The third-order valence-electron chi connectivity index (χ3n) is 4.23. The summed E-state index contributed by atoms with van der Waals surface area (Å²) in [6, 6.07) is 19.2. The van der Waals surface area contributed by atoms with Crippen molar-refractivity contribution in [2.24, 2.45) is 4.36 Å². The van der Waals surface area contributed by atoms with Gasteiger partial charge in [-0.3, -0.25) is 0 Å². The molecule has 0 saturated carbocycles. The Labute approximate surface area is 158 Å². The second kappa shape index (κ2) is 10.3. The van der Waals surface area contributed by atoms with E-state index in [1.165, 1.54) is 0 Å². The first-order valence-corrected chi connectivity index (χ1v) is 10.7. The fourth-order valence-electron chi connectivity index (χ4n) is 2.87. The molecule has 0 aromatic heterocycles. The van der Waals surface area contributed by atoms with Crippen LogP contribution in [0, 0.1) is 0 Å². The minimum Gasteiger partial charge on any atom is -0.375 e. The second-order valence-electron chi connectivity index (χ2n) is 6.31. The van der Waals surface area contributed by atoms with Crippen molar-refractivity contribution in [2.45, 2.75) is 50.2 Å². The van der Waals surface area contributed by atoms with Gasteiger partial charge < -0.3 is 4.74 Å². The number of nitrogens with zero attached hydrogens (tertiary/aromatic N) is 1. The molecule has 0 unspecified atom stereocenters. The minimum atomic E-state index is -2.65. The van der Waals surface area contributed by atoms with Crippen LogP contribution in [-0.2, 0) is 14.5 Å². The summed E-state index contributed by atoms with van der Waals surface area (Å²) in [5.41, 5.74) is 1.04. The lowest BCUT2D eigenvalue weighted by atomic mass is 10.0. The Morgan fingerprint density at radius 1 is 1.08 bits per heavy atom. The van der Waals surface area contributed by atoms with Gasteiger partial charge in [0, 0.05) is 12.5 Å². The van der Waals surface area contributed by atoms with Crippen molar-refractivity contribution in [3.05, 3.63) is 77.7 Å². The Hall–Kier alpha value is -1.91. The van der Waals surface area contributed by atoms with Crippen molar-refractivity contribution in [3.8, 4) is 0 Å².